The molecule has 2 rings (SSSR count). The zero-order valence-electron chi connectivity index (χ0n) is 15.4. The lowest BCUT2D eigenvalue weighted by Gasteiger charge is -2.20. The number of amides is 3. The molecule has 2 N–H and O–H groups in total. The molecule has 1 aliphatic rings. The van der Waals surface area contributed by atoms with Crippen molar-refractivity contribution in [2.45, 2.75) is 25.2 Å². The van der Waals surface area contributed by atoms with E-state index in [1.165, 1.54) is 16.7 Å². The topological polar surface area (TPSA) is 105 Å². The Balaban J connectivity index is 1.95. The van der Waals surface area contributed by atoms with Crippen LogP contribution in [0.2, 0.25) is 0 Å². The van der Waals surface area contributed by atoms with Gasteiger partial charge in [-0.3, -0.25) is 14.4 Å². The van der Waals surface area contributed by atoms with E-state index in [0.29, 0.717) is 31.0 Å². The highest BCUT2D eigenvalue weighted by atomic mass is 32.2. The number of carbonyl (C=O) groups excluding carboxylic acids is 4. The Morgan fingerprint density at radius 3 is 2.78 bits per heavy atom. The molecule has 3 amide bonds. The van der Waals surface area contributed by atoms with Crippen molar-refractivity contribution >= 4 is 41.1 Å². The second-order valence-corrected chi connectivity index (χ2v) is 6.93. The van der Waals surface area contributed by atoms with Gasteiger partial charge in [-0.15, -0.1) is 11.8 Å². The number of ether oxygens (including phenoxy) is 1. The number of likely N-dealkylation sites (N-methyl/N-ethyl adjacent to an activating group) is 2. The normalized spacial score (nSPS) is 13.0. The highest BCUT2D eigenvalue weighted by molar-refractivity contribution is 7.99. The summed E-state index contributed by atoms with van der Waals surface area (Å²) >= 11 is 1.53. The summed E-state index contributed by atoms with van der Waals surface area (Å²) in [6.07, 6.45) is 0.409. The Labute approximate surface area is 162 Å². The average molecular weight is 393 g/mol. The van der Waals surface area contributed by atoms with Gasteiger partial charge in [-0.05, 0) is 32.0 Å². The van der Waals surface area contributed by atoms with Crippen LogP contribution < -0.4 is 10.6 Å². The summed E-state index contributed by atoms with van der Waals surface area (Å²) in [5, 5.41) is 5.37. The number of nitrogens with one attached hydrogen (secondary N) is 2. The number of hydrogen-bond donors (Lipinski definition) is 2. The summed E-state index contributed by atoms with van der Waals surface area (Å²) in [4.78, 5) is 49.9. The smallest absolute Gasteiger partial charge is 0.338 e. The van der Waals surface area contributed by atoms with E-state index in [1.54, 1.807) is 32.0 Å². The monoisotopic (exact) mass is 393 g/mol. The summed E-state index contributed by atoms with van der Waals surface area (Å²) in [5.41, 5.74) is 0.811. The predicted molar refractivity (Wildman–Crippen MR) is 102 cm³/mol. The van der Waals surface area contributed by atoms with Crippen LogP contribution in [0.25, 0.3) is 0 Å². The van der Waals surface area contributed by atoms with Crippen molar-refractivity contribution in [3.63, 3.8) is 0 Å². The van der Waals surface area contributed by atoms with Crippen LogP contribution in [0.5, 0.6) is 0 Å². The molecule has 0 spiro atoms. The van der Waals surface area contributed by atoms with Crippen LogP contribution in [0.3, 0.4) is 0 Å². The second kappa shape index (κ2) is 9.96. The predicted octanol–water partition coefficient (Wildman–Crippen LogP) is 1.26. The summed E-state index contributed by atoms with van der Waals surface area (Å²) in [7, 11) is 0. The third kappa shape index (κ3) is 5.99. The Morgan fingerprint density at radius 1 is 1.30 bits per heavy atom. The lowest BCUT2D eigenvalue weighted by Crippen LogP contribution is -2.42. The van der Waals surface area contributed by atoms with Crippen molar-refractivity contribution < 1.29 is 23.9 Å². The zero-order valence-corrected chi connectivity index (χ0v) is 16.2. The molecule has 0 fully saturated rings. The standard InChI is InChI=1S/C18H23N3O5S/c1-3-19-16(23)10-21(4-2)17(24)11-26-18(25)12-5-6-14-13(9-12)20-15(22)7-8-27-14/h5-6,9H,3-4,7-8,10-11H2,1-2H3,(H,19,23)(H,20,22). The van der Waals surface area contributed by atoms with Crippen molar-refractivity contribution in [3.05, 3.63) is 23.8 Å². The van der Waals surface area contributed by atoms with E-state index in [9.17, 15) is 19.2 Å². The maximum atomic E-state index is 12.2. The molecule has 9 heteroatoms. The minimum atomic E-state index is -0.663. The highest BCUT2D eigenvalue weighted by Crippen LogP contribution is 2.31. The molecule has 0 aliphatic carbocycles. The Hall–Kier alpha value is -2.55. The van der Waals surface area contributed by atoms with Crippen molar-refractivity contribution in [1.82, 2.24) is 10.2 Å². The summed E-state index contributed by atoms with van der Waals surface area (Å²) in [5.74, 6) is -0.807. The number of fused-ring (bicyclic) bond motifs is 1. The number of benzene rings is 1. The minimum absolute atomic E-state index is 0.0805. The first-order valence-corrected chi connectivity index (χ1v) is 9.71. The van der Waals surface area contributed by atoms with Gasteiger partial charge >= 0.3 is 5.97 Å². The van der Waals surface area contributed by atoms with Crippen molar-refractivity contribution in [1.29, 1.82) is 0 Å². The van der Waals surface area contributed by atoms with Gasteiger partial charge in [0.2, 0.25) is 11.8 Å². The second-order valence-electron chi connectivity index (χ2n) is 5.80. The van der Waals surface area contributed by atoms with Crippen molar-refractivity contribution in [2.24, 2.45) is 0 Å². The van der Waals surface area contributed by atoms with E-state index < -0.39 is 18.5 Å². The number of carbonyl (C=O) groups is 4. The van der Waals surface area contributed by atoms with Crippen LogP contribution in [0, 0.1) is 0 Å². The number of thioether (sulfide) groups is 1. The van der Waals surface area contributed by atoms with Crippen LogP contribution in [0.15, 0.2) is 23.1 Å². The highest BCUT2D eigenvalue weighted by Gasteiger charge is 2.19. The molecule has 0 radical (unpaired) electrons. The van der Waals surface area contributed by atoms with Crippen LogP contribution in [0.1, 0.15) is 30.6 Å². The van der Waals surface area contributed by atoms with Gasteiger partial charge in [-0.2, -0.15) is 0 Å². The van der Waals surface area contributed by atoms with E-state index in [1.807, 2.05) is 0 Å². The first-order chi connectivity index (χ1) is 12.9. The molecule has 27 heavy (non-hydrogen) atoms. The van der Waals surface area contributed by atoms with Gasteiger partial charge < -0.3 is 20.3 Å². The molecular weight excluding hydrogens is 370 g/mol. The van der Waals surface area contributed by atoms with Crippen molar-refractivity contribution in [2.75, 3.05) is 37.3 Å². The average Bonchev–Trinajstić information content (AvgIpc) is 2.83. The number of hydrogen-bond acceptors (Lipinski definition) is 6. The first kappa shape index (κ1) is 20.8. The van der Waals surface area contributed by atoms with Gasteiger partial charge in [0.25, 0.3) is 5.91 Å². The summed E-state index contributed by atoms with van der Waals surface area (Å²) in [6, 6.07) is 4.89. The minimum Gasteiger partial charge on any atom is -0.452 e. The molecule has 0 aromatic heterocycles. The largest absolute Gasteiger partial charge is 0.452 e. The van der Waals surface area contributed by atoms with E-state index in [4.69, 9.17) is 4.74 Å². The maximum absolute atomic E-state index is 12.2. The molecule has 0 saturated carbocycles. The third-order valence-corrected chi connectivity index (χ3v) is 4.92. The lowest BCUT2D eigenvalue weighted by atomic mass is 10.2. The SMILES string of the molecule is CCNC(=O)CN(CC)C(=O)COC(=O)c1ccc2c(c1)NC(=O)CCS2. The van der Waals surface area contributed by atoms with Gasteiger partial charge in [0.1, 0.15) is 0 Å². The van der Waals surface area contributed by atoms with Crippen LogP contribution in [0.4, 0.5) is 5.69 Å². The van der Waals surface area contributed by atoms with Crippen LogP contribution in [-0.2, 0) is 19.1 Å². The third-order valence-electron chi connectivity index (χ3n) is 3.85. The lowest BCUT2D eigenvalue weighted by molar-refractivity contribution is -0.138. The van der Waals surface area contributed by atoms with Gasteiger partial charge in [0.05, 0.1) is 17.8 Å². The molecule has 146 valence electrons. The quantitative estimate of drug-likeness (QED) is 0.676. The number of nitrogens with zero attached hydrogens (tertiary/aromatic N) is 1. The molecule has 0 saturated heterocycles. The molecule has 1 aromatic rings. The molecule has 0 unspecified atom stereocenters. The summed E-state index contributed by atoms with van der Waals surface area (Å²) in [6.45, 7) is 3.81. The van der Waals surface area contributed by atoms with Crippen LogP contribution >= 0.6 is 11.8 Å². The Kier molecular flexibility index (Phi) is 7.66. The summed E-state index contributed by atoms with van der Waals surface area (Å²) < 4.78 is 5.08. The molecule has 0 bridgehead atoms. The maximum Gasteiger partial charge on any atom is 0.338 e. The Morgan fingerprint density at radius 2 is 2.07 bits per heavy atom. The number of anilines is 1. The zero-order chi connectivity index (χ0) is 19.8. The fraction of sp³-hybridized carbons (Fsp3) is 0.444. The van der Waals surface area contributed by atoms with E-state index >= 15 is 0 Å². The fourth-order valence-corrected chi connectivity index (χ4v) is 3.39. The number of esters is 1. The Bertz CT molecular complexity index is 738. The van der Waals surface area contributed by atoms with Gasteiger partial charge in [0.15, 0.2) is 6.61 Å². The van der Waals surface area contributed by atoms with Gasteiger partial charge in [-0.1, -0.05) is 0 Å². The van der Waals surface area contributed by atoms with Crippen LogP contribution in [-0.4, -0.2) is 60.6 Å². The van der Waals surface area contributed by atoms with Gasteiger partial charge in [-0.25, -0.2) is 4.79 Å². The van der Waals surface area contributed by atoms with Gasteiger partial charge in [0, 0.05) is 30.2 Å². The number of rotatable bonds is 7. The first-order valence-electron chi connectivity index (χ1n) is 8.72. The van der Waals surface area contributed by atoms with E-state index in [2.05, 4.69) is 10.6 Å². The molecule has 0 atom stereocenters. The molecular formula is C18H23N3O5S. The molecule has 8 nitrogen and oxygen atoms in total. The van der Waals surface area contributed by atoms with E-state index in [0.717, 1.165) is 4.90 Å². The molecule has 1 aliphatic heterocycles. The van der Waals surface area contributed by atoms with E-state index in [-0.39, 0.29) is 23.9 Å². The molecule has 1 heterocycles. The molecule has 1 aromatic carbocycles. The fourth-order valence-electron chi connectivity index (χ4n) is 2.45. The van der Waals surface area contributed by atoms with Crippen molar-refractivity contribution in [3.8, 4) is 0 Å².